The highest BCUT2D eigenvalue weighted by molar-refractivity contribution is 9.10. The Hall–Kier alpha value is -1.32. The molecule has 0 heterocycles. The van der Waals surface area contributed by atoms with Crippen molar-refractivity contribution in [1.29, 1.82) is 0 Å². The van der Waals surface area contributed by atoms with Crippen molar-refractivity contribution in [2.24, 2.45) is 0 Å². The number of anilines is 1. The number of hydrogen-bond donors (Lipinski definition) is 1. The van der Waals surface area contributed by atoms with Gasteiger partial charge in [-0.1, -0.05) is 33.6 Å². The maximum absolute atomic E-state index is 12.1. The van der Waals surface area contributed by atoms with E-state index in [9.17, 15) is 4.79 Å². The summed E-state index contributed by atoms with van der Waals surface area (Å²) >= 11 is 9.51. The van der Waals surface area contributed by atoms with Gasteiger partial charge in [-0.25, -0.2) is 0 Å². The van der Waals surface area contributed by atoms with Crippen LogP contribution < -0.4 is 5.32 Å². The summed E-state index contributed by atoms with van der Waals surface area (Å²) in [5.74, 6) is -0.165. The second kappa shape index (κ2) is 5.76. The van der Waals surface area contributed by atoms with Crippen molar-refractivity contribution < 1.29 is 4.79 Å². The van der Waals surface area contributed by atoms with Crippen molar-refractivity contribution in [3.05, 3.63) is 62.6 Å². The number of hydrogen-bond acceptors (Lipinski definition) is 1. The topological polar surface area (TPSA) is 29.1 Å². The van der Waals surface area contributed by atoms with Gasteiger partial charge in [0.2, 0.25) is 0 Å². The molecular formula is C15H13BrClNO. The lowest BCUT2D eigenvalue weighted by atomic mass is 10.1. The minimum absolute atomic E-state index is 0.165. The average molecular weight is 339 g/mol. The molecule has 2 rings (SSSR count). The number of benzene rings is 2. The monoisotopic (exact) mass is 337 g/mol. The van der Waals surface area contributed by atoms with Gasteiger partial charge >= 0.3 is 0 Å². The van der Waals surface area contributed by atoms with Crippen molar-refractivity contribution >= 4 is 39.1 Å². The summed E-state index contributed by atoms with van der Waals surface area (Å²) in [5.41, 5.74) is 3.29. The molecule has 0 saturated carbocycles. The number of rotatable bonds is 2. The first-order chi connectivity index (χ1) is 8.97. The number of amides is 1. The molecule has 1 amide bonds. The molecule has 2 aromatic carbocycles. The minimum Gasteiger partial charge on any atom is -0.320 e. The molecule has 0 bridgehead atoms. The van der Waals surface area contributed by atoms with Gasteiger partial charge in [0.05, 0.1) is 10.7 Å². The van der Waals surface area contributed by atoms with Gasteiger partial charge in [0.15, 0.2) is 0 Å². The van der Waals surface area contributed by atoms with E-state index in [0.29, 0.717) is 16.3 Å². The van der Waals surface area contributed by atoms with Crippen LogP contribution in [0.15, 0.2) is 40.9 Å². The normalized spacial score (nSPS) is 10.3. The standard InChI is InChI=1S/C15H13BrClNO/c1-9-7-10(2)14(13(17)8-9)18-15(19)11-3-5-12(16)6-4-11/h3-8H,1-2H3,(H,18,19). The largest absolute Gasteiger partial charge is 0.320 e. The number of nitrogens with one attached hydrogen (secondary N) is 1. The van der Waals surface area contributed by atoms with Crippen LogP contribution in [-0.2, 0) is 0 Å². The molecule has 0 aliphatic carbocycles. The Balaban J connectivity index is 2.26. The van der Waals surface area contributed by atoms with Crippen molar-refractivity contribution in [1.82, 2.24) is 0 Å². The van der Waals surface area contributed by atoms with Crippen LogP contribution in [-0.4, -0.2) is 5.91 Å². The average Bonchev–Trinajstić information content (AvgIpc) is 2.34. The van der Waals surface area contributed by atoms with E-state index in [4.69, 9.17) is 11.6 Å². The van der Waals surface area contributed by atoms with E-state index in [0.717, 1.165) is 15.6 Å². The minimum atomic E-state index is -0.165. The van der Waals surface area contributed by atoms with E-state index in [-0.39, 0.29) is 5.91 Å². The third kappa shape index (κ3) is 3.37. The molecular weight excluding hydrogens is 326 g/mol. The molecule has 19 heavy (non-hydrogen) atoms. The van der Waals surface area contributed by atoms with Crippen LogP contribution in [0.3, 0.4) is 0 Å². The van der Waals surface area contributed by atoms with Gasteiger partial charge in [0.25, 0.3) is 5.91 Å². The molecule has 0 unspecified atom stereocenters. The molecule has 0 spiro atoms. The third-order valence-corrected chi connectivity index (χ3v) is 3.60. The van der Waals surface area contributed by atoms with E-state index in [1.807, 2.05) is 38.1 Å². The lowest BCUT2D eigenvalue weighted by molar-refractivity contribution is 0.102. The van der Waals surface area contributed by atoms with E-state index in [1.165, 1.54) is 0 Å². The zero-order valence-electron chi connectivity index (χ0n) is 10.6. The van der Waals surface area contributed by atoms with Crippen LogP contribution in [0.5, 0.6) is 0 Å². The smallest absolute Gasteiger partial charge is 0.255 e. The van der Waals surface area contributed by atoms with Crippen LogP contribution in [0.25, 0.3) is 0 Å². The van der Waals surface area contributed by atoms with Gasteiger partial charge in [-0.15, -0.1) is 0 Å². The third-order valence-electron chi connectivity index (χ3n) is 2.78. The first-order valence-electron chi connectivity index (χ1n) is 5.81. The Morgan fingerprint density at radius 1 is 1.16 bits per heavy atom. The van der Waals surface area contributed by atoms with Gasteiger partial charge in [0.1, 0.15) is 0 Å². The fourth-order valence-corrected chi connectivity index (χ4v) is 2.49. The van der Waals surface area contributed by atoms with Crippen LogP contribution in [0.4, 0.5) is 5.69 Å². The summed E-state index contributed by atoms with van der Waals surface area (Å²) < 4.78 is 0.939. The molecule has 0 aromatic heterocycles. The molecule has 98 valence electrons. The fraction of sp³-hybridized carbons (Fsp3) is 0.133. The quantitative estimate of drug-likeness (QED) is 0.823. The van der Waals surface area contributed by atoms with Crippen LogP contribution in [0.2, 0.25) is 5.02 Å². The van der Waals surface area contributed by atoms with Crippen LogP contribution in [0, 0.1) is 13.8 Å². The molecule has 4 heteroatoms. The number of aryl methyl sites for hydroxylation is 2. The second-order valence-electron chi connectivity index (χ2n) is 4.40. The lowest BCUT2D eigenvalue weighted by Gasteiger charge is -2.11. The maximum Gasteiger partial charge on any atom is 0.255 e. The van der Waals surface area contributed by atoms with Crippen molar-refractivity contribution in [3.8, 4) is 0 Å². The molecule has 0 aliphatic heterocycles. The lowest BCUT2D eigenvalue weighted by Crippen LogP contribution is -2.13. The highest BCUT2D eigenvalue weighted by atomic mass is 79.9. The summed E-state index contributed by atoms with van der Waals surface area (Å²) in [6.45, 7) is 3.90. The van der Waals surface area contributed by atoms with E-state index in [2.05, 4.69) is 21.2 Å². The Bertz CT molecular complexity index is 600. The van der Waals surface area contributed by atoms with E-state index < -0.39 is 0 Å². The first kappa shape index (κ1) is 14.1. The molecule has 2 aromatic rings. The Morgan fingerprint density at radius 3 is 2.37 bits per heavy atom. The zero-order chi connectivity index (χ0) is 14.0. The molecule has 0 saturated heterocycles. The molecule has 0 atom stereocenters. The highest BCUT2D eigenvalue weighted by Gasteiger charge is 2.11. The first-order valence-corrected chi connectivity index (χ1v) is 6.98. The molecule has 0 radical (unpaired) electrons. The summed E-state index contributed by atoms with van der Waals surface area (Å²) in [7, 11) is 0. The predicted octanol–water partition coefficient (Wildman–Crippen LogP) is 4.97. The predicted molar refractivity (Wildman–Crippen MR) is 83.0 cm³/mol. The highest BCUT2D eigenvalue weighted by Crippen LogP contribution is 2.27. The number of carbonyl (C=O) groups is 1. The SMILES string of the molecule is Cc1cc(C)c(NC(=O)c2ccc(Br)cc2)c(Cl)c1. The van der Waals surface area contributed by atoms with Crippen molar-refractivity contribution in [2.45, 2.75) is 13.8 Å². The van der Waals surface area contributed by atoms with Crippen LogP contribution in [0.1, 0.15) is 21.5 Å². The van der Waals surface area contributed by atoms with E-state index in [1.54, 1.807) is 12.1 Å². The van der Waals surface area contributed by atoms with Gasteiger partial charge in [-0.3, -0.25) is 4.79 Å². The zero-order valence-corrected chi connectivity index (χ0v) is 13.0. The van der Waals surface area contributed by atoms with Gasteiger partial charge in [-0.2, -0.15) is 0 Å². The fourth-order valence-electron chi connectivity index (χ4n) is 1.86. The Morgan fingerprint density at radius 2 is 1.79 bits per heavy atom. The second-order valence-corrected chi connectivity index (χ2v) is 5.72. The number of halogens is 2. The van der Waals surface area contributed by atoms with Crippen molar-refractivity contribution in [2.75, 3.05) is 5.32 Å². The summed E-state index contributed by atoms with van der Waals surface area (Å²) in [4.78, 5) is 12.1. The van der Waals surface area contributed by atoms with Gasteiger partial charge in [0, 0.05) is 10.0 Å². The van der Waals surface area contributed by atoms with Gasteiger partial charge < -0.3 is 5.32 Å². The summed E-state index contributed by atoms with van der Waals surface area (Å²) in [6, 6.07) is 11.0. The summed E-state index contributed by atoms with van der Waals surface area (Å²) in [6.07, 6.45) is 0. The van der Waals surface area contributed by atoms with E-state index >= 15 is 0 Å². The Kier molecular flexibility index (Phi) is 4.27. The van der Waals surface area contributed by atoms with Crippen LogP contribution >= 0.6 is 27.5 Å². The molecule has 0 fully saturated rings. The summed E-state index contributed by atoms with van der Waals surface area (Å²) in [5, 5.41) is 3.41. The molecule has 2 nitrogen and oxygen atoms in total. The Labute approximate surface area is 125 Å². The molecule has 1 N–H and O–H groups in total. The molecule has 0 aliphatic rings. The van der Waals surface area contributed by atoms with Crippen molar-refractivity contribution in [3.63, 3.8) is 0 Å². The van der Waals surface area contributed by atoms with Gasteiger partial charge in [-0.05, 0) is 55.3 Å². The number of carbonyl (C=O) groups excluding carboxylic acids is 1. The maximum atomic E-state index is 12.1.